The summed E-state index contributed by atoms with van der Waals surface area (Å²) in [5, 5.41) is 6.96. The first-order valence-electron chi connectivity index (χ1n) is 10.5. The molecular weight excluding hydrogens is 424 g/mol. The number of rotatable bonds is 8. The number of carbonyl (C=O) groups is 1. The van der Waals surface area contributed by atoms with Crippen LogP contribution in [-0.2, 0) is 11.3 Å². The summed E-state index contributed by atoms with van der Waals surface area (Å²) in [6, 6.07) is 16.9. The van der Waals surface area contributed by atoms with Crippen LogP contribution < -0.4 is 19.5 Å². The fraction of sp³-hybridized carbons (Fsp3) is 0.208. The van der Waals surface area contributed by atoms with Crippen LogP contribution in [0.2, 0.25) is 0 Å². The van der Waals surface area contributed by atoms with E-state index in [1.54, 1.807) is 0 Å². The molecule has 2 aromatic carbocycles. The number of hydrogen-bond acceptors (Lipinski definition) is 7. The van der Waals surface area contributed by atoms with Crippen molar-refractivity contribution in [2.45, 2.75) is 13.5 Å². The second kappa shape index (κ2) is 9.07. The number of ether oxygens (including phenoxy) is 3. The number of amides is 1. The van der Waals surface area contributed by atoms with Gasteiger partial charge in [0.25, 0.3) is 11.8 Å². The summed E-state index contributed by atoms with van der Waals surface area (Å²) in [6.07, 6.45) is 1.90. The molecule has 0 bridgehead atoms. The minimum atomic E-state index is -0.187. The van der Waals surface area contributed by atoms with E-state index in [0.717, 1.165) is 16.8 Å². The average molecular weight is 446 g/mol. The summed E-state index contributed by atoms with van der Waals surface area (Å²) in [4.78, 5) is 16.6. The molecule has 33 heavy (non-hydrogen) atoms. The molecule has 1 aliphatic heterocycles. The molecule has 0 spiro atoms. The topological polar surface area (TPSA) is 101 Å². The maximum absolute atomic E-state index is 12.1. The van der Waals surface area contributed by atoms with E-state index in [2.05, 4.69) is 15.5 Å². The standard InChI is InChI=1S/C24H22N4O5/c1-16-4-2-5-18(12-16)30-14-22(29)25-9-11-28-10-3-6-19(28)24-26-23(27-33-24)17-7-8-20-21(13-17)32-15-31-20/h2-8,10,12-13H,9,11,14-15H2,1H3,(H,25,29). The van der Waals surface area contributed by atoms with Crippen molar-refractivity contribution in [3.8, 4) is 40.2 Å². The van der Waals surface area contributed by atoms with Gasteiger partial charge in [0.15, 0.2) is 18.1 Å². The highest BCUT2D eigenvalue weighted by Gasteiger charge is 2.18. The predicted molar refractivity (Wildman–Crippen MR) is 119 cm³/mol. The van der Waals surface area contributed by atoms with Crippen molar-refractivity contribution in [1.29, 1.82) is 0 Å². The Morgan fingerprint density at radius 3 is 2.94 bits per heavy atom. The molecule has 3 heterocycles. The van der Waals surface area contributed by atoms with Crippen LogP contribution in [0.15, 0.2) is 65.3 Å². The summed E-state index contributed by atoms with van der Waals surface area (Å²) in [7, 11) is 0. The average Bonchev–Trinajstić information content (AvgIpc) is 3.57. The highest BCUT2D eigenvalue weighted by Crippen LogP contribution is 2.35. The SMILES string of the molecule is Cc1cccc(OCC(=O)NCCn2cccc2-c2nc(-c3ccc4c(c3)OCO4)no2)c1. The first kappa shape index (κ1) is 20.6. The zero-order valence-electron chi connectivity index (χ0n) is 18.0. The maximum Gasteiger partial charge on any atom is 0.274 e. The van der Waals surface area contributed by atoms with Crippen molar-refractivity contribution in [2.24, 2.45) is 0 Å². The highest BCUT2D eigenvalue weighted by atomic mass is 16.7. The Hall–Kier alpha value is -4.27. The molecule has 168 valence electrons. The van der Waals surface area contributed by atoms with Crippen LogP contribution in [0.3, 0.4) is 0 Å². The molecule has 5 rings (SSSR count). The van der Waals surface area contributed by atoms with Gasteiger partial charge < -0.3 is 28.6 Å². The van der Waals surface area contributed by atoms with E-state index in [-0.39, 0.29) is 19.3 Å². The summed E-state index contributed by atoms with van der Waals surface area (Å²) in [6.45, 7) is 3.12. The van der Waals surface area contributed by atoms with Gasteiger partial charge in [0.2, 0.25) is 12.6 Å². The minimum absolute atomic E-state index is 0.0372. The van der Waals surface area contributed by atoms with E-state index >= 15 is 0 Å². The fourth-order valence-electron chi connectivity index (χ4n) is 3.50. The van der Waals surface area contributed by atoms with E-state index in [4.69, 9.17) is 18.7 Å². The zero-order valence-corrected chi connectivity index (χ0v) is 18.0. The second-order valence-electron chi connectivity index (χ2n) is 7.53. The molecule has 0 aliphatic carbocycles. The Morgan fingerprint density at radius 2 is 2.03 bits per heavy atom. The van der Waals surface area contributed by atoms with Crippen molar-refractivity contribution >= 4 is 5.91 Å². The molecule has 0 saturated heterocycles. The van der Waals surface area contributed by atoms with Crippen molar-refractivity contribution < 1.29 is 23.5 Å². The van der Waals surface area contributed by atoms with Gasteiger partial charge in [-0.3, -0.25) is 4.79 Å². The monoisotopic (exact) mass is 446 g/mol. The second-order valence-corrected chi connectivity index (χ2v) is 7.53. The van der Waals surface area contributed by atoms with Crippen molar-refractivity contribution in [3.63, 3.8) is 0 Å². The van der Waals surface area contributed by atoms with E-state index in [9.17, 15) is 4.79 Å². The lowest BCUT2D eigenvalue weighted by molar-refractivity contribution is -0.123. The number of hydrogen-bond donors (Lipinski definition) is 1. The number of fused-ring (bicyclic) bond motifs is 1. The normalized spacial score (nSPS) is 12.0. The van der Waals surface area contributed by atoms with Gasteiger partial charge in [0.05, 0.1) is 0 Å². The fourth-order valence-corrected chi connectivity index (χ4v) is 3.50. The van der Waals surface area contributed by atoms with Gasteiger partial charge in [-0.1, -0.05) is 17.3 Å². The van der Waals surface area contributed by atoms with Crippen LogP contribution in [0.1, 0.15) is 5.56 Å². The molecule has 1 aliphatic rings. The van der Waals surface area contributed by atoms with Crippen LogP contribution in [0.5, 0.6) is 17.2 Å². The molecular formula is C24H22N4O5. The van der Waals surface area contributed by atoms with Gasteiger partial charge in [-0.25, -0.2) is 0 Å². The van der Waals surface area contributed by atoms with E-state index in [1.165, 1.54) is 0 Å². The maximum atomic E-state index is 12.1. The Morgan fingerprint density at radius 1 is 1.12 bits per heavy atom. The van der Waals surface area contributed by atoms with Gasteiger partial charge in [0, 0.05) is 24.8 Å². The van der Waals surface area contributed by atoms with Gasteiger partial charge in [0.1, 0.15) is 11.4 Å². The Kier molecular flexibility index (Phi) is 5.67. The predicted octanol–water partition coefficient (Wildman–Crippen LogP) is 3.44. The Bertz CT molecular complexity index is 1280. The lowest BCUT2D eigenvalue weighted by Gasteiger charge is -2.09. The molecule has 0 fully saturated rings. The van der Waals surface area contributed by atoms with E-state index in [1.807, 2.05) is 72.3 Å². The van der Waals surface area contributed by atoms with Crippen LogP contribution in [0.4, 0.5) is 0 Å². The first-order chi connectivity index (χ1) is 16.2. The van der Waals surface area contributed by atoms with Crippen molar-refractivity contribution in [1.82, 2.24) is 20.0 Å². The summed E-state index contributed by atoms with van der Waals surface area (Å²) < 4.78 is 23.7. The third-order valence-corrected chi connectivity index (χ3v) is 5.14. The summed E-state index contributed by atoms with van der Waals surface area (Å²) in [5.41, 5.74) is 2.61. The number of nitrogens with one attached hydrogen (secondary N) is 1. The summed E-state index contributed by atoms with van der Waals surface area (Å²) in [5.74, 6) is 2.69. The Labute approximate surface area is 189 Å². The van der Waals surface area contributed by atoms with Crippen molar-refractivity contribution in [2.75, 3.05) is 19.9 Å². The van der Waals surface area contributed by atoms with Crippen LogP contribution in [0.25, 0.3) is 23.0 Å². The number of carbonyl (C=O) groups excluding carboxylic acids is 1. The summed E-state index contributed by atoms with van der Waals surface area (Å²) >= 11 is 0. The molecule has 0 atom stereocenters. The lowest BCUT2D eigenvalue weighted by Crippen LogP contribution is -2.31. The molecule has 0 unspecified atom stereocenters. The number of aromatic nitrogens is 3. The molecule has 1 amide bonds. The number of aryl methyl sites for hydroxylation is 1. The third kappa shape index (κ3) is 4.67. The minimum Gasteiger partial charge on any atom is -0.484 e. The molecule has 2 aromatic heterocycles. The van der Waals surface area contributed by atoms with Gasteiger partial charge in [-0.2, -0.15) is 4.98 Å². The van der Waals surface area contributed by atoms with Gasteiger partial charge in [-0.05, 0) is 55.0 Å². The quantitative estimate of drug-likeness (QED) is 0.442. The molecule has 0 radical (unpaired) electrons. The lowest BCUT2D eigenvalue weighted by atomic mass is 10.2. The van der Waals surface area contributed by atoms with Gasteiger partial charge >= 0.3 is 0 Å². The van der Waals surface area contributed by atoms with Crippen LogP contribution >= 0.6 is 0 Å². The first-order valence-corrected chi connectivity index (χ1v) is 10.5. The number of nitrogens with zero attached hydrogens (tertiary/aromatic N) is 3. The van der Waals surface area contributed by atoms with E-state index < -0.39 is 0 Å². The molecule has 4 aromatic rings. The van der Waals surface area contributed by atoms with Gasteiger partial charge in [-0.15, -0.1) is 0 Å². The molecule has 9 heteroatoms. The zero-order chi connectivity index (χ0) is 22.6. The van der Waals surface area contributed by atoms with E-state index in [0.29, 0.717) is 42.1 Å². The van der Waals surface area contributed by atoms with Crippen molar-refractivity contribution in [3.05, 3.63) is 66.4 Å². The third-order valence-electron chi connectivity index (χ3n) is 5.14. The highest BCUT2D eigenvalue weighted by molar-refractivity contribution is 5.77. The Balaban J connectivity index is 1.17. The molecule has 1 N–H and O–H groups in total. The number of benzene rings is 2. The van der Waals surface area contributed by atoms with Crippen LogP contribution in [0, 0.1) is 6.92 Å². The molecule has 0 saturated carbocycles. The largest absolute Gasteiger partial charge is 0.484 e. The van der Waals surface area contributed by atoms with Crippen LogP contribution in [-0.4, -0.2) is 40.6 Å². The molecule has 9 nitrogen and oxygen atoms in total. The smallest absolute Gasteiger partial charge is 0.274 e.